The summed E-state index contributed by atoms with van der Waals surface area (Å²) in [6.45, 7) is 3.59. The largest absolute Gasteiger partial charge is 0.461 e. The lowest BCUT2D eigenvalue weighted by Crippen LogP contribution is -2.40. The first-order chi connectivity index (χ1) is 15.5. The molecule has 3 rings (SSSR count). The number of ether oxygens (including phenoxy) is 1. The number of nitrogens with one attached hydrogen (secondary N) is 1. The van der Waals surface area contributed by atoms with Gasteiger partial charge in [0.05, 0.1) is 18.4 Å². The highest BCUT2D eigenvalue weighted by atomic mass is 16.5. The molecule has 32 heavy (non-hydrogen) atoms. The summed E-state index contributed by atoms with van der Waals surface area (Å²) in [4.78, 5) is 25.5. The van der Waals surface area contributed by atoms with Gasteiger partial charge in [0.25, 0.3) is 0 Å². The molecule has 0 spiro atoms. The van der Waals surface area contributed by atoms with Crippen LogP contribution in [0.3, 0.4) is 0 Å². The molecule has 1 fully saturated rings. The van der Waals surface area contributed by atoms with E-state index in [0.29, 0.717) is 16.8 Å². The normalized spacial score (nSPS) is 16.5. The van der Waals surface area contributed by atoms with E-state index in [1.165, 1.54) is 0 Å². The van der Waals surface area contributed by atoms with Crippen molar-refractivity contribution in [1.29, 1.82) is 5.26 Å². The molecular formula is C26H29N3O3. The van der Waals surface area contributed by atoms with E-state index in [1.54, 1.807) is 38.1 Å². The first kappa shape index (κ1) is 23.2. The average Bonchev–Trinajstić information content (AvgIpc) is 2.85. The Balaban J connectivity index is 1.94. The Bertz CT molecular complexity index is 1000. The Morgan fingerprint density at radius 3 is 2.28 bits per heavy atom. The van der Waals surface area contributed by atoms with Crippen LogP contribution >= 0.6 is 0 Å². The summed E-state index contributed by atoms with van der Waals surface area (Å²) < 4.78 is 4.92. The van der Waals surface area contributed by atoms with E-state index in [-0.39, 0.29) is 24.0 Å². The standard InChI is InChI=1S/C26H29N3O3/c1-3-32-25(31)19(2)28-29-23-16-14-22(15-17-23)26(18-27,21-12-8-5-9-13-21)24(30)20-10-6-4-7-11-20/h5,8-9,12-17,20,29H,3-4,6-7,10-11H2,1-2H3/b28-19+. The van der Waals surface area contributed by atoms with Crippen LogP contribution in [0.25, 0.3) is 0 Å². The molecule has 0 heterocycles. The van der Waals surface area contributed by atoms with E-state index < -0.39 is 11.4 Å². The Morgan fingerprint density at radius 2 is 1.69 bits per heavy atom. The first-order valence-electron chi connectivity index (χ1n) is 11.1. The van der Waals surface area contributed by atoms with Gasteiger partial charge in [-0.3, -0.25) is 10.2 Å². The molecule has 0 radical (unpaired) electrons. The fourth-order valence-electron chi connectivity index (χ4n) is 4.22. The van der Waals surface area contributed by atoms with Crippen molar-refractivity contribution in [3.63, 3.8) is 0 Å². The zero-order valence-electron chi connectivity index (χ0n) is 18.6. The van der Waals surface area contributed by atoms with Gasteiger partial charge in [0.2, 0.25) is 0 Å². The molecule has 0 saturated heterocycles. The summed E-state index contributed by atoms with van der Waals surface area (Å²) in [7, 11) is 0. The molecule has 0 aromatic heterocycles. The van der Waals surface area contributed by atoms with Crippen LogP contribution in [0.5, 0.6) is 0 Å². The van der Waals surface area contributed by atoms with Gasteiger partial charge in [-0.05, 0) is 49.9 Å². The van der Waals surface area contributed by atoms with E-state index in [0.717, 1.165) is 32.1 Å². The van der Waals surface area contributed by atoms with Gasteiger partial charge in [-0.25, -0.2) is 4.79 Å². The zero-order valence-corrected chi connectivity index (χ0v) is 18.6. The predicted molar refractivity (Wildman–Crippen MR) is 124 cm³/mol. The van der Waals surface area contributed by atoms with Gasteiger partial charge >= 0.3 is 5.97 Å². The van der Waals surface area contributed by atoms with E-state index in [9.17, 15) is 14.9 Å². The number of nitriles is 1. The second kappa shape index (κ2) is 10.7. The number of rotatable bonds is 8. The van der Waals surface area contributed by atoms with Crippen molar-refractivity contribution in [3.8, 4) is 6.07 Å². The Hall–Kier alpha value is -3.46. The summed E-state index contributed by atoms with van der Waals surface area (Å²) in [6.07, 6.45) is 4.84. The molecule has 1 N–H and O–H groups in total. The molecule has 0 amide bonds. The van der Waals surface area contributed by atoms with Crippen molar-refractivity contribution in [2.45, 2.75) is 51.4 Å². The average molecular weight is 432 g/mol. The highest BCUT2D eigenvalue weighted by Crippen LogP contribution is 2.39. The summed E-state index contributed by atoms with van der Waals surface area (Å²) >= 11 is 0. The van der Waals surface area contributed by atoms with Gasteiger partial charge in [0.1, 0.15) is 5.71 Å². The molecule has 1 unspecified atom stereocenters. The highest BCUT2D eigenvalue weighted by Gasteiger charge is 2.45. The zero-order chi connectivity index (χ0) is 23.0. The monoisotopic (exact) mass is 431 g/mol. The van der Waals surface area contributed by atoms with Crippen molar-refractivity contribution in [3.05, 3.63) is 65.7 Å². The maximum Gasteiger partial charge on any atom is 0.354 e. The summed E-state index contributed by atoms with van der Waals surface area (Å²) in [5, 5.41) is 14.4. The highest BCUT2D eigenvalue weighted by molar-refractivity contribution is 6.35. The number of anilines is 1. The SMILES string of the molecule is CCOC(=O)/C(C)=N/Nc1ccc(C(C#N)(C(=O)C2CCCCC2)c2ccccc2)cc1. The number of ketones is 1. The molecule has 0 bridgehead atoms. The lowest BCUT2D eigenvalue weighted by molar-refractivity contribution is -0.135. The van der Waals surface area contributed by atoms with E-state index in [1.807, 2.05) is 30.3 Å². The molecule has 6 nitrogen and oxygen atoms in total. The van der Waals surface area contributed by atoms with Crippen LogP contribution in [0, 0.1) is 17.2 Å². The fraction of sp³-hybridized carbons (Fsp3) is 0.385. The third kappa shape index (κ3) is 4.88. The number of carbonyl (C=O) groups is 2. The molecule has 0 aliphatic heterocycles. The third-order valence-electron chi connectivity index (χ3n) is 5.96. The fourth-order valence-corrected chi connectivity index (χ4v) is 4.22. The molecule has 1 aliphatic rings. The second-order valence-electron chi connectivity index (χ2n) is 8.03. The maximum absolute atomic E-state index is 13.8. The van der Waals surface area contributed by atoms with E-state index in [4.69, 9.17) is 4.74 Å². The molecular weight excluding hydrogens is 402 g/mol. The van der Waals surface area contributed by atoms with Crippen LogP contribution < -0.4 is 5.43 Å². The Kier molecular flexibility index (Phi) is 7.77. The molecule has 1 atom stereocenters. The van der Waals surface area contributed by atoms with Gasteiger partial charge in [-0.15, -0.1) is 0 Å². The topological polar surface area (TPSA) is 91.5 Å². The summed E-state index contributed by atoms with van der Waals surface area (Å²) in [5.74, 6) is -0.622. The lowest BCUT2D eigenvalue weighted by Gasteiger charge is -2.32. The molecule has 2 aromatic carbocycles. The number of benzene rings is 2. The molecule has 1 saturated carbocycles. The Labute approximate surface area is 189 Å². The van der Waals surface area contributed by atoms with Crippen LogP contribution in [0.1, 0.15) is 57.1 Å². The quantitative estimate of drug-likeness (QED) is 0.361. The Morgan fingerprint density at radius 1 is 1.06 bits per heavy atom. The molecule has 2 aromatic rings. The number of hydrogen-bond donors (Lipinski definition) is 1. The number of esters is 1. The van der Waals surface area contributed by atoms with Crippen LogP contribution in [-0.4, -0.2) is 24.1 Å². The van der Waals surface area contributed by atoms with Crippen molar-refractivity contribution < 1.29 is 14.3 Å². The second-order valence-corrected chi connectivity index (χ2v) is 8.03. The van der Waals surface area contributed by atoms with Gasteiger partial charge < -0.3 is 4.74 Å². The summed E-state index contributed by atoms with van der Waals surface area (Å²) in [5.41, 5.74) is 3.65. The van der Waals surface area contributed by atoms with Crippen LogP contribution in [0.2, 0.25) is 0 Å². The molecule has 1 aliphatic carbocycles. The number of carbonyl (C=O) groups excluding carboxylic acids is 2. The van der Waals surface area contributed by atoms with E-state index >= 15 is 0 Å². The number of nitrogens with zero attached hydrogens (tertiary/aromatic N) is 2. The van der Waals surface area contributed by atoms with Crippen molar-refractivity contribution in [2.75, 3.05) is 12.0 Å². The van der Waals surface area contributed by atoms with Crippen LogP contribution in [0.4, 0.5) is 5.69 Å². The van der Waals surface area contributed by atoms with Crippen molar-refractivity contribution >= 4 is 23.2 Å². The lowest BCUT2D eigenvalue weighted by atomic mass is 9.66. The minimum atomic E-state index is -1.36. The summed E-state index contributed by atoms with van der Waals surface area (Å²) in [6, 6.07) is 18.8. The van der Waals surface area contributed by atoms with E-state index in [2.05, 4.69) is 16.6 Å². The molecule has 6 heteroatoms. The van der Waals surface area contributed by atoms with Gasteiger partial charge in [0.15, 0.2) is 11.2 Å². The van der Waals surface area contributed by atoms with Crippen LogP contribution in [-0.2, 0) is 19.7 Å². The smallest absolute Gasteiger partial charge is 0.354 e. The third-order valence-corrected chi connectivity index (χ3v) is 5.96. The first-order valence-corrected chi connectivity index (χ1v) is 11.1. The number of hydrogen-bond acceptors (Lipinski definition) is 6. The predicted octanol–water partition coefficient (Wildman–Crippen LogP) is 5.00. The minimum absolute atomic E-state index is 0.0252. The van der Waals surface area contributed by atoms with Crippen LogP contribution in [0.15, 0.2) is 59.7 Å². The van der Waals surface area contributed by atoms with Crippen molar-refractivity contribution in [1.82, 2.24) is 0 Å². The van der Waals surface area contributed by atoms with Gasteiger partial charge in [-0.2, -0.15) is 10.4 Å². The van der Waals surface area contributed by atoms with Crippen molar-refractivity contribution in [2.24, 2.45) is 11.0 Å². The minimum Gasteiger partial charge on any atom is -0.461 e. The number of Topliss-reactive ketones (excluding diaryl/α,β-unsaturated/α-hetero) is 1. The van der Waals surface area contributed by atoms with Gasteiger partial charge in [0, 0.05) is 5.92 Å². The maximum atomic E-state index is 13.8. The van der Waals surface area contributed by atoms with Gasteiger partial charge in [-0.1, -0.05) is 61.7 Å². The number of hydrazone groups is 1. The molecule has 166 valence electrons.